The lowest BCUT2D eigenvalue weighted by atomic mass is 10.1. The standard InChI is InChI=1S/C22H25NO5S/c1-2-16-28-20(24)17-10-12-18(13-11-17)23-21(25)22(14-6-7-15-22)29(26,27)19-8-4-3-5-9-19/h3-5,8-13H,2,6-7,14-16H2,1H3,(H,23,25). The molecule has 0 heterocycles. The zero-order valence-corrected chi connectivity index (χ0v) is 17.2. The molecule has 1 aliphatic rings. The number of carbonyl (C=O) groups is 2. The van der Waals surface area contributed by atoms with E-state index < -0.39 is 26.5 Å². The molecule has 0 unspecified atom stereocenters. The van der Waals surface area contributed by atoms with Gasteiger partial charge in [0, 0.05) is 5.69 Å². The van der Waals surface area contributed by atoms with Crippen LogP contribution in [0.15, 0.2) is 59.5 Å². The van der Waals surface area contributed by atoms with Crippen molar-refractivity contribution in [3.8, 4) is 0 Å². The Kier molecular flexibility index (Phi) is 6.37. The van der Waals surface area contributed by atoms with E-state index in [2.05, 4.69) is 5.32 Å². The number of sulfone groups is 1. The first-order valence-electron chi connectivity index (χ1n) is 9.79. The Morgan fingerprint density at radius 3 is 2.21 bits per heavy atom. The molecule has 2 aromatic rings. The number of esters is 1. The van der Waals surface area contributed by atoms with Crippen LogP contribution in [0, 0.1) is 0 Å². The van der Waals surface area contributed by atoms with Crippen LogP contribution < -0.4 is 5.32 Å². The summed E-state index contributed by atoms with van der Waals surface area (Å²) in [6.45, 7) is 2.26. The van der Waals surface area contributed by atoms with Crippen molar-refractivity contribution in [3.05, 3.63) is 60.2 Å². The van der Waals surface area contributed by atoms with Gasteiger partial charge in [-0.1, -0.05) is 38.0 Å². The molecule has 6 nitrogen and oxygen atoms in total. The number of nitrogens with one attached hydrogen (secondary N) is 1. The molecule has 0 radical (unpaired) electrons. The monoisotopic (exact) mass is 415 g/mol. The first-order valence-corrected chi connectivity index (χ1v) is 11.3. The number of ether oxygens (including phenoxy) is 1. The van der Waals surface area contributed by atoms with Gasteiger partial charge in [0.1, 0.15) is 0 Å². The SMILES string of the molecule is CCCOC(=O)c1ccc(NC(=O)C2(S(=O)(=O)c3ccccc3)CCCC2)cc1. The van der Waals surface area contributed by atoms with E-state index >= 15 is 0 Å². The molecule has 1 saturated carbocycles. The first kappa shape index (κ1) is 21.0. The Hall–Kier alpha value is -2.67. The summed E-state index contributed by atoms with van der Waals surface area (Å²) < 4.78 is 30.2. The van der Waals surface area contributed by atoms with Gasteiger partial charge in [-0.15, -0.1) is 0 Å². The fourth-order valence-corrected chi connectivity index (χ4v) is 5.69. The first-order chi connectivity index (χ1) is 13.9. The summed E-state index contributed by atoms with van der Waals surface area (Å²) in [5.74, 6) is -0.955. The van der Waals surface area contributed by atoms with Gasteiger partial charge in [-0.3, -0.25) is 4.79 Å². The molecule has 0 aliphatic heterocycles. The number of amides is 1. The van der Waals surface area contributed by atoms with Crippen molar-refractivity contribution in [2.24, 2.45) is 0 Å². The van der Waals surface area contributed by atoms with Crippen molar-refractivity contribution in [2.75, 3.05) is 11.9 Å². The zero-order valence-electron chi connectivity index (χ0n) is 16.4. The molecule has 0 spiro atoms. The second-order valence-electron chi connectivity index (χ2n) is 7.19. The van der Waals surface area contributed by atoms with E-state index in [0.29, 0.717) is 30.7 Å². The summed E-state index contributed by atoms with van der Waals surface area (Å²) in [6.07, 6.45) is 2.68. The minimum Gasteiger partial charge on any atom is -0.462 e. The van der Waals surface area contributed by atoms with Crippen molar-refractivity contribution in [1.82, 2.24) is 0 Å². The van der Waals surface area contributed by atoms with E-state index in [1.165, 1.54) is 12.1 Å². The molecule has 3 rings (SSSR count). The predicted octanol–water partition coefficient (Wildman–Crippen LogP) is 3.98. The summed E-state index contributed by atoms with van der Waals surface area (Å²) >= 11 is 0. The number of rotatable bonds is 7. The second-order valence-corrected chi connectivity index (χ2v) is 9.45. The van der Waals surface area contributed by atoms with Gasteiger partial charge in [-0.25, -0.2) is 13.2 Å². The predicted molar refractivity (Wildman–Crippen MR) is 110 cm³/mol. The third kappa shape index (κ3) is 4.19. The summed E-state index contributed by atoms with van der Waals surface area (Å²) in [5.41, 5.74) is 0.820. The quantitative estimate of drug-likeness (QED) is 0.691. The average molecular weight is 416 g/mol. The van der Waals surface area contributed by atoms with Crippen LogP contribution in [-0.4, -0.2) is 31.6 Å². The summed E-state index contributed by atoms with van der Waals surface area (Å²) in [7, 11) is -3.84. The second kappa shape index (κ2) is 8.78. The third-order valence-electron chi connectivity index (χ3n) is 5.21. The smallest absolute Gasteiger partial charge is 0.338 e. The average Bonchev–Trinajstić information content (AvgIpc) is 3.25. The van der Waals surface area contributed by atoms with E-state index in [1.807, 2.05) is 6.92 Å². The van der Waals surface area contributed by atoms with Gasteiger partial charge in [-0.05, 0) is 55.7 Å². The van der Waals surface area contributed by atoms with Crippen molar-refractivity contribution >= 4 is 27.4 Å². The molecule has 0 bridgehead atoms. The molecule has 1 fully saturated rings. The highest BCUT2D eigenvalue weighted by Crippen LogP contribution is 2.41. The Morgan fingerprint density at radius 1 is 1.00 bits per heavy atom. The lowest BCUT2D eigenvalue weighted by molar-refractivity contribution is -0.118. The van der Waals surface area contributed by atoms with Crippen LogP contribution in [0.2, 0.25) is 0 Å². The number of hydrogen-bond acceptors (Lipinski definition) is 5. The van der Waals surface area contributed by atoms with Crippen molar-refractivity contribution in [2.45, 2.75) is 48.7 Å². The van der Waals surface area contributed by atoms with Gasteiger partial charge < -0.3 is 10.1 Å². The molecule has 1 amide bonds. The van der Waals surface area contributed by atoms with Gasteiger partial charge in [0.15, 0.2) is 14.6 Å². The molecule has 2 aromatic carbocycles. The maximum atomic E-state index is 13.3. The Labute approximate surface area is 171 Å². The molecule has 154 valence electrons. The van der Waals surface area contributed by atoms with Crippen LogP contribution in [0.5, 0.6) is 0 Å². The highest BCUT2D eigenvalue weighted by atomic mass is 32.2. The molecule has 0 saturated heterocycles. The number of benzene rings is 2. The molecule has 0 aromatic heterocycles. The normalized spacial score (nSPS) is 15.6. The van der Waals surface area contributed by atoms with E-state index in [0.717, 1.165) is 6.42 Å². The summed E-state index contributed by atoms with van der Waals surface area (Å²) in [6, 6.07) is 14.4. The van der Waals surface area contributed by atoms with Crippen LogP contribution in [0.4, 0.5) is 5.69 Å². The van der Waals surface area contributed by atoms with Crippen molar-refractivity contribution in [3.63, 3.8) is 0 Å². The Bertz CT molecular complexity index is 962. The molecular formula is C22H25NO5S. The molecule has 1 aliphatic carbocycles. The fraction of sp³-hybridized carbons (Fsp3) is 0.364. The van der Waals surface area contributed by atoms with Crippen LogP contribution in [-0.2, 0) is 19.4 Å². The van der Waals surface area contributed by atoms with Gasteiger partial charge in [0.2, 0.25) is 5.91 Å². The highest BCUT2D eigenvalue weighted by molar-refractivity contribution is 7.93. The molecule has 1 N–H and O–H groups in total. The highest BCUT2D eigenvalue weighted by Gasteiger charge is 2.52. The summed E-state index contributed by atoms with van der Waals surface area (Å²) in [4.78, 5) is 25.2. The van der Waals surface area contributed by atoms with Gasteiger partial charge >= 0.3 is 5.97 Å². The van der Waals surface area contributed by atoms with Crippen LogP contribution in [0.3, 0.4) is 0 Å². The molecule has 0 atom stereocenters. The zero-order chi connectivity index (χ0) is 20.9. The van der Waals surface area contributed by atoms with Crippen LogP contribution >= 0.6 is 0 Å². The molecular weight excluding hydrogens is 390 g/mol. The van der Waals surface area contributed by atoms with E-state index in [1.54, 1.807) is 42.5 Å². The van der Waals surface area contributed by atoms with Crippen molar-refractivity contribution in [1.29, 1.82) is 0 Å². The van der Waals surface area contributed by atoms with E-state index in [-0.39, 0.29) is 17.7 Å². The van der Waals surface area contributed by atoms with Gasteiger partial charge in [-0.2, -0.15) is 0 Å². The van der Waals surface area contributed by atoms with E-state index in [9.17, 15) is 18.0 Å². The fourth-order valence-electron chi connectivity index (χ4n) is 3.60. The lowest BCUT2D eigenvalue weighted by Gasteiger charge is -2.27. The number of carbonyl (C=O) groups excluding carboxylic acids is 2. The van der Waals surface area contributed by atoms with Gasteiger partial charge in [0.05, 0.1) is 17.1 Å². The number of anilines is 1. The minimum atomic E-state index is -3.84. The Morgan fingerprint density at radius 2 is 1.62 bits per heavy atom. The van der Waals surface area contributed by atoms with E-state index in [4.69, 9.17) is 4.74 Å². The summed E-state index contributed by atoms with van der Waals surface area (Å²) in [5, 5.41) is 2.74. The lowest BCUT2D eigenvalue weighted by Crippen LogP contribution is -2.47. The maximum absolute atomic E-state index is 13.3. The van der Waals surface area contributed by atoms with Crippen LogP contribution in [0.1, 0.15) is 49.4 Å². The number of hydrogen-bond donors (Lipinski definition) is 1. The van der Waals surface area contributed by atoms with Crippen LogP contribution in [0.25, 0.3) is 0 Å². The third-order valence-corrected chi connectivity index (χ3v) is 7.72. The minimum absolute atomic E-state index is 0.158. The Balaban J connectivity index is 1.81. The maximum Gasteiger partial charge on any atom is 0.338 e. The molecule has 29 heavy (non-hydrogen) atoms. The largest absolute Gasteiger partial charge is 0.462 e. The van der Waals surface area contributed by atoms with Gasteiger partial charge in [0.25, 0.3) is 0 Å². The van der Waals surface area contributed by atoms with Crippen molar-refractivity contribution < 1.29 is 22.7 Å². The topological polar surface area (TPSA) is 89.5 Å². The molecule has 7 heteroatoms.